The largest absolute Gasteiger partial charge is 0.508 e. The summed E-state index contributed by atoms with van der Waals surface area (Å²) in [4.78, 5) is 11.5. The Hall–Kier alpha value is -0.970. The molecule has 0 saturated carbocycles. The smallest absolute Gasteiger partial charge is 0.237 e. The number of aromatic hydroxyl groups is 1. The summed E-state index contributed by atoms with van der Waals surface area (Å²) in [6.07, 6.45) is 1.24. The number of hydrogen-bond donors (Lipinski definition) is 3. The number of nitrogens with two attached hydrogens (primary N) is 1. The lowest BCUT2D eigenvalue weighted by molar-refractivity contribution is -0.124. The van der Waals surface area contributed by atoms with Crippen LogP contribution in [0.15, 0.2) is 12.1 Å². The molecule has 19 heavy (non-hydrogen) atoms. The van der Waals surface area contributed by atoms with Gasteiger partial charge in [0.15, 0.2) is 0 Å². The quantitative estimate of drug-likeness (QED) is 0.785. The van der Waals surface area contributed by atoms with Crippen LogP contribution in [0.25, 0.3) is 0 Å². The van der Waals surface area contributed by atoms with Gasteiger partial charge in [-0.3, -0.25) is 4.79 Å². The minimum Gasteiger partial charge on any atom is -0.508 e. The van der Waals surface area contributed by atoms with Gasteiger partial charge in [0.2, 0.25) is 5.91 Å². The van der Waals surface area contributed by atoms with Crippen LogP contribution in [0, 0.1) is 0 Å². The zero-order valence-electron chi connectivity index (χ0n) is 10.5. The third-order valence-electron chi connectivity index (χ3n) is 3.72. The molecule has 1 fully saturated rings. The van der Waals surface area contributed by atoms with Gasteiger partial charge in [-0.2, -0.15) is 0 Å². The van der Waals surface area contributed by atoms with Crippen molar-refractivity contribution < 1.29 is 9.90 Å². The second kappa shape index (κ2) is 5.19. The van der Waals surface area contributed by atoms with Gasteiger partial charge < -0.3 is 16.2 Å². The van der Waals surface area contributed by atoms with Crippen molar-refractivity contribution >= 4 is 29.1 Å². The van der Waals surface area contributed by atoms with E-state index in [0.29, 0.717) is 28.6 Å². The standard InChI is InChI=1S/C13H16Cl2N2O2/c1-13(12(16)19)6-7(4-5-17-13)10-9(18)3-2-8(14)11(10)15/h2-3,7,17-18H,4-6H2,1H3,(H2,16,19). The van der Waals surface area contributed by atoms with E-state index in [2.05, 4.69) is 5.32 Å². The Balaban J connectivity index is 2.38. The maximum absolute atomic E-state index is 11.5. The fourth-order valence-corrected chi connectivity index (χ4v) is 3.05. The molecule has 1 aromatic rings. The van der Waals surface area contributed by atoms with Crippen LogP contribution in [0.1, 0.15) is 31.2 Å². The third kappa shape index (κ3) is 2.66. The summed E-state index contributed by atoms with van der Waals surface area (Å²) >= 11 is 12.2. The Bertz CT molecular complexity index is 522. The van der Waals surface area contributed by atoms with Crippen LogP contribution in [0.2, 0.25) is 10.0 Å². The summed E-state index contributed by atoms with van der Waals surface area (Å²) in [5.41, 5.74) is 5.23. The Labute approximate surface area is 121 Å². The first-order chi connectivity index (χ1) is 8.85. The van der Waals surface area contributed by atoms with E-state index in [4.69, 9.17) is 28.9 Å². The van der Waals surface area contributed by atoms with Crippen LogP contribution in [-0.4, -0.2) is 23.1 Å². The summed E-state index contributed by atoms with van der Waals surface area (Å²) in [6, 6.07) is 3.07. The summed E-state index contributed by atoms with van der Waals surface area (Å²) in [5.74, 6) is -0.354. The van der Waals surface area contributed by atoms with Gasteiger partial charge in [0.05, 0.1) is 15.6 Å². The van der Waals surface area contributed by atoms with Crippen LogP contribution in [0.4, 0.5) is 0 Å². The Morgan fingerprint density at radius 2 is 2.21 bits per heavy atom. The maximum Gasteiger partial charge on any atom is 0.237 e. The molecule has 4 N–H and O–H groups in total. The van der Waals surface area contributed by atoms with Crippen molar-refractivity contribution in [2.24, 2.45) is 5.73 Å². The number of benzene rings is 1. The number of primary amides is 1. The molecule has 1 aliphatic heterocycles. The molecule has 0 bridgehead atoms. The molecule has 0 aromatic heterocycles. The number of rotatable bonds is 2. The Morgan fingerprint density at radius 1 is 1.53 bits per heavy atom. The average molecular weight is 303 g/mol. The van der Waals surface area contributed by atoms with Crippen molar-refractivity contribution in [3.63, 3.8) is 0 Å². The van der Waals surface area contributed by atoms with Crippen LogP contribution < -0.4 is 11.1 Å². The molecule has 2 atom stereocenters. The number of carbonyl (C=O) groups excluding carboxylic acids is 1. The number of halogens is 2. The van der Waals surface area contributed by atoms with Gasteiger partial charge >= 0.3 is 0 Å². The van der Waals surface area contributed by atoms with E-state index >= 15 is 0 Å². The molecule has 1 aromatic carbocycles. The number of phenolic OH excluding ortho intramolecular Hbond substituents is 1. The Kier molecular flexibility index (Phi) is 3.95. The molecule has 104 valence electrons. The highest BCUT2D eigenvalue weighted by Crippen LogP contribution is 2.43. The topological polar surface area (TPSA) is 75.4 Å². The molecule has 1 amide bonds. The van der Waals surface area contributed by atoms with Crippen molar-refractivity contribution in [2.45, 2.75) is 31.2 Å². The second-order valence-electron chi connectivity index (χ2n) is 5.11. The van der Waals surface area contributed by atoms with Gasteiger partial charge in [0, 0.05) is 5.56 Å². The number of amides is 1. The van der Waals surface area contributed by atoms with Gasteiger partial charge in [-0.15, -0.1) is 0 Å². The molecule has 1 saturated heterocycles. The van der Waals surface area contributed by atoms with Crippen LogP contribution in [-0.2, 0) is 4.79 Å². The zero-order chi connectivity index (χ0) is 14.2. The highest BCUT2D eigenvalue weighted by Gasteiger charge is 2.38. The molecular formula is C13H16Cl2N2O2. The Morgan fingerprint density at radius 3 is 2.84 bits per heavy atom. The molecule has 0 radical (unpaired) electrons. The first-order valence-electron chi connectivity index (χ1n) is 6.07. The van der Waals surface area contributed by atoms with Crippen LogP contribution in [0.3, 0.4) is 0 Å². The molecule has 0 aliphatic carbocycles. The third-order valence-corrected chi connectivity index (χ3v) is 4.54. The van der Waals surface area contributed by atoms with Gasteiger partial charge in [0.25, 0.3) is 0 Å². The minimum absolute atomic E-state index is 0.0510. The molecule has 1 aliphatic rings. The fraction of sp³-hybridized carbons (Fsp3) is 0.462. The summed E-state index contributed by atoms with van der Waals surface area (Å²) in [7, 11) is 0. The first-order valence-corrected chi connectivity index (χ1v) is 6.82. The molecule has 0 spiro atoms. The predicted molar refractivity (Wildman–Crippen MR) is 75.7 cm³/mol. The van der Waals surface area contributed by atoms with E-state index < -0.39 is 11.4 Å². The minimum atomic E-state index is -0.791. The molecule has 4 nitrogen and oxygen atoms in total. The number of hydrogen-bond acceptors (Lipinski definition) is 3. The van der Waals surface area contributed by atoms with Crippen molar-refractivity contribution in [2.75, 3.05) is 6.54 Å². The van der Waals surface area contributed by atoms with Gasteiger partial charge in [-0.25, -0.2) is 0 Å². The molecule has 6 heteroatoms. The number of carbonyl (C=O) groups is 1. The van der Waals surface area contributed by atoms with Gasteiger partial charge in [0.1, 0.15) is 5.75 Å². The van der Waals surface area contributed by atoms with Crippen molar-refractivity contribution in [3.05, 3.63) is 27.7 Å². The second-order valence-corrected chi connectivity index (χ2v) is 5.89. The van der Waals surface area contributed by atoms with E-state index in [1.165, 1.54) is 6.07 Å². The number of piperidine rings is 1. The van der Waals surface area contributed by atoms with E-state index in [1.54, 1.807) is 13.0 Å². The maximum atomic E-state index is 11.5. The van der Waals surface area contributed by atoms with E-state index in [9.17, 15) is 9.90 Å². The van der Waals surface area contributed by atoms with Crippen molar-refractivity contribution in [3.8, 4) is 5.75 Å². The highest BCUT2D eigenvalue weighted by molar-refractivity contribution is 6.42. The van der Waals surface area contributed by atoms with E-state index in [0.717, 1.165) is 6.42 Å². The number of nitrogens with one attached hydrogen (secondary N) is 1. The van der Waals surface area contributed by atoms with Gasteiger partial charge in [-0.1, -0.05) is 23.2 Å². The summed E-state index contributed by atoms with van der Waals surface area (Å²) in [5, 5.41) is 13.9. The normalized spacial score (nSPS) is 27.2. The predicted octanol–water partition coefficient (Wildman–Crippen LogP) is 2.41. The van der Waals surface area contributed by atoms with Crippen LogP contribution >= 0.6 is 23.2 Å². The lowest BCUT2D eigenvalue weighted by atomic mass is 9.79. The van der Waals surface area contributed by atoms with Gasteiger partial charge in [-0.05, 0) is 44.4 Å². The van der Waals surface area contributed by atoms with E-state index in [1.807, 2.05) is 0 Å². The molecule has 2 rings (SSSR count). The monoisotopic (exact) mass is 302 g/mol. The lowest BCUT2D eigenvalue weighted by Crippen LogP contribution is -2.56. The van der Waals surface area contributed by atoms with Crippen molar-refractivity contribution in [1.82, 2.24) is 5.32 Å². The van der Waals surface area contributed by atoms with Crippen molar-refractivity contribution in [1.29, 1.82) is 0 Å². The molecule has 2 unspecified atom stereocenters. The summed E-state index contributed by atoms with van der Waals surface area (Å²) in [6.45, 7) is 2.39. The molecular weight excluding hydrogens is 287 g/mol. The first kappa shape index (κ1) is 14.4. The SMILES string of the molecule is CC1(C(N)=O)CC(c2c(O)ccc(Cl)c2Cl)CCN1. The molecule has 1 heterocycles. The number of phenols is 1. The summed E-state index contributed by atoms with van der Waals surface area (Å²) < 4.78 is 0. The highest BCUT2D eigenvalue weighted by atomic mass is 35.5. The van der Waals surface area contributed by atoms with E-state index in [-0.39, 0.29) is 11.7 Å². The lowest BCUT2D eigenvalue weighted by Gasteiger charge is -2.37. The fourth-order valence-electron chi connectivity index (χ4n) is 2.57. The zero-order valence-corrected chi connectivity index (χ0v) is 12.1. The average Bonchev–Trinajstić information content (AvgIpc) is 2.34. The van der Waals surface area contributed by atoms with Crippen LogP contribution in [0.5, 0.6) is 5.75 Å².